The van der Waals surface area contributed by atoms with Gasteiger partial charge in [0.1, 0.15) is 0 Å². The Kier molecular flexibility index (Phi) is 3.69. The van der Waals surface area contributed by atoms with E-state index in [1.165, 1.54) is 11.1 Å². The summed E-state index contributed by atoms with van der Waals surface area (Å²) in [7, 11) is 0. The van der Waals surface area contributed by atoms with Crippen LogP contribution in [0.15, 0.2) is 24.3 Å². The minimum Gasteiger partial charge on any atom is -0.310 e. The molecule has 0 atom stereocenters. The zero-order valence-corrected chi connectivity index (χ0v) is 8.43. The highest BCUT2D eigenvalue weighted by Crippen LogP contribution is 2.07. The molecule has 0 unspecified atom stereocenters. The molecule has 13 heavy (non-hydrogen) atoms. The molecule has 0 aromatic heterocycles. The highest BCUT2D eigenvalue weighted by molar-refractivity contribution is 5.78. The van der Waals surface area contributed by atoms with Crippen LogP contribution in [0.5, 0.6) is 0 Å². The lowest BCUT2D eigenvalue weighted by atomic mass is 10.0. The molecule has 0 saturated heterocycles. The van der Waals surface area contributed by atoms with Crippen LogP contribution in [0, 0.1) is 12.3 Å². The van der Waals surface area contributed by atoms with E-state index in [9.17, 15) is 0 Å². The zero-order valence-electron chi connectivity index (χ0n) is 8.43. The van der Waals surface area contributed by atoms with E-state index in [0.717, 1.165) is 25.0 Å². The van der Waals surface area contributed by atoms with Crippen LogP contribution in [0.4, 0.5) is 0 Å². The molecule has 0 bridgehead atoms. The molecule has 0 heterocycles. The van der Waals surface area contributed by atoms with Crippen molar-refractivity contribution in [3.63, 3.8) is 0 Å². The lowest BCUT2D eigenvalue weighted by Gasteiger charge is -2.01. The van der Waals surface area contributed by atoms with Gasteiger partial charge in [-0.2, -0.15) is 0 Å². The Bertz CT molecular complexity index is 289. The average molecular weight is 175 g/mol. The van der Waals surface area contributed by atoms with Crippen LogP contribution in [-0.2, 0) is 6.42 Å². The standard InChI is InChI=1S/C12H17N/c1-10-5-3-7-12(9-10)8-4-6-11(2)13/h3,5,7,9,13H,4,6,8H2,1-2H3. The van der Waals surface area contributed by atoms with E-state index in [1.54, 1.807) is 0 Å². The average Bonchev–Trinajstić information content (AvgIpc) is 2.03. The van der Waals surface area contributed by atoms with Crippen molar-refractivity contribution in [3.8, 4) is 0 Å². The second-order valence-electron chi connectivity index (χ2n) is 3.62. The van der Waals surface area contributed by atoms with Gasteiger partial charge < -0.3 is 5.41 Å². The molecule has 1 rings (SSSR count). The largest absolute Gasteiger partial charge is 0.310 e. The van der Waals surface area contributed by atoms with Crippen molar-refractivity contribution < 1.29 is 0 Å². The molecule has 0 fully saturated rings. The summed E-state index contributed by atoms with van der Waals surface area (Å²) in [4.78, 5) is 0. The molecule has 1 aromatic carbocycles. The van der Waals surface area contributed by atoms with Crippen molar-refractivity contribution in [2.75, 3.05) is 0 Å². The molecule has 1 N–H and O–H groups in total. The first kappa shape index (κ1) is 9.97. The molecular weight excluding hydrogens is 158 g/mol. The van der Waals surface area contributed by atoms with Crippen LogP contribution < -0.4 is 0 Å². The van der Waals surface area contributed by atoms with Crippen molar-refractivity contribution in [1.29, 1.82) is 5.41 Å². The number of hydrogen-bond donors (Lipinski definition) is 1. The number of aryl methyl sites for hydroxylation is 2. The molecule has 0 aliphatic heterocycles. The Morgan fingerprint density at radius 1 is 1.38 bits per heavy atom. The fourth-order valence-electron chi connectivity index (χ4n) is 1.43. The Balaban J connectivity index is 2.41. The van der Waals surface area contributed by atoms with Gasteiger partial charge in [0.15, 0.2) is 0 Å². The Morgan fingerprint density at radius 2 is 2.15 bits per heavy atom. The van der Waals surface area contributed by atoms with Crippen molar-refractivity contribution in [2.24, 2.45) is 0 Å². The van der Waals surface area contributed by atoms with Gasteiger partial charge in [0.05, 0.1) is 0 Å². The molecule has 70 valence electrons. The zero-order chi connectivity index (χ0) is 9.68. The normalized spacial score (nSPS) is 10.0. The summed E-state index contributed by atoms with van der Waals surface area (Å²) >= 11 is 0. The number of nitrogens with one attached hydrogen (secondary N) is 1. The summed E-state index contributed by atoms with van der Waals surface area (Å²) in [6, 6.07) is 8.60. The van der Waals surface area contributed by atoms with Crippen LogP contribution >= 0.6 is 0 Å². The van der Waals surface area contributed by atoms with Gasteiger partial charge in [-0.15, -0.1) is 0 Å². The first-order chi connectivity index (χ1) is 6.18. The smallest absolute Gasteiger partial charge is 0.00583 e. The van der Waals surface area contributed by atoms with Gasteiger partial charge in [-0.1, -0.05) is 29.8 Å². The fraction of sp³-hybridized carbons (Fsp3) is 0.417. The predicted octanol–water partition coefficient (Wildman–Crippen LogP) is 3.36. The summed E-state index contributed by atoms with van der Waals surface area (Å²) in [6.07, 6.45) is 3.12. The monoisotopic (exact) mass is 175 g/mol. The number of benzene rings is 1. The van der Waals surface area contributed by atoms with E-state index < -0.39 is 0 Å². The molecule has 0 saturated carbocycles. The lowest BCUT2D eigenvalue weighted by Crippen LogP contribution is -1.91. The molecule has 1 heteroatoms. The third-order valence-electron chi connectivity index (χ3n) is 2.10. The van der Waals surface area contributed by atoms with E-state index >= 15 is 0 Å². The SMILES string of the molecule is CC(=N)CCCc1cccc(C)c1. The first-order valence-corrected chi connectivity index (χ1v) is 4.78. The minimum atomic E-state index is 0.785. The van der Waals surface area contributed by atoms with E-state index in [0.29, 0.717) is 0 Å². The summed E-state index contributed by atoms with van der Waals surface area (Å²) < 4.78 is 0. The predicted molar refractivity (Wildman–Crippen MR) is 57.5 cm³/mol. The second kappa shape index (κ2) is 4.80. The Labute approximate surface area is 80.3 Å². The van der Waals surface area contributed by atoms with Crippen molar-refractivity contribution in [1.82, 2.24) is 0 Å². The maximum atomic E-state index is 7.30. The highest BCUT2D eigenvalue weighted by Gasteiger charge is 1.94. The van der Waals surface area contributed by atoms with Crippen molar-refractivity contribution in [3.05, 3.63) is 35.4 Å². The molecule has 0 radical (unpaired) electrons. The van der Waals surface area contributed by atoms with Crippen molar-refractivity contribution in [2.45, 2.75) is 33.1 Å². The van der Waals surface area contributed by atoms with E-state index in [-0.39, 0.29) is 0 Å². The second-order valence-corrected chi connectivity index (χ2v) is 3.62. The maximum absolute atomic E-state index is 7.30. The minimum absolute atomic E-state index is 0.785. The molecular formula is C12H17N. The summed E-state index contributed by atoms with van der Waals surface area (Å²) in [5.41, 5.74) is 3.50. The number of rotatable bonds is 4. The van der Waals surface area contributed by atoms with Gasteiger partial charge in [-0.3, -0.25) is 0 Å². The molecule has 0 amide bonds. The maximum Gasteiger partial charge on any atom is 0.00583 e. The van der Waals surface area contributed by atoms with Gasteiger partial charge in [-0.25, -0.2) is 0 Å². The van der Waals surface area contributed by atoms with Gasteiger partial charge >= 0.3 is 0 Å². The fourth-order valence-corrected chi connectivity index (χ4v) is 1.43. The van der Waals surface area contributed by atoms with Crippen LogP contribution in [0.1, 0.15) is 30.9 Å². The lowest BCUT2D eigenvalue weighted by molar-refractivity contribution is 0.859. The van der Waals surface area contributed by atoms with Crippen LogP contribution in [-0.4, -0.2) is 5.71 Å². The van der Waals surface area contributed by atoms with Gasteiger partial charge in [0, 0.05) is 5.71 Å². The number of hydrogen-bond acceptors (Lipinski definition) is 1. The van der Waals surface area contributed by atoms with E-state index in [4.69, 9.17) is 5.41 Å². The molecule has 1 aromatic rings. The van der Waals surface area contributed by atoms with Gasteiger partial charge in [-0.05, 0) is 38.7 Å². The summed E-state index contributed by atoms with van der Waals surface area (Å²) in [6.45, 7) is 3.99. The van der Waals surface area contributed by atoms with Crippen LogP contribution in [0.3, 0.4) is 0 Å². The molecule has 1 nitrogen and oxygen atoms in total. The Hall–Kier alpha value is -1.11. The van der Waals surface area contributed by atoms with Gasteiger partial charge in [0.25, 0.3) is 0 Å². The van der Waals surface area contributed by atoms with E-state index in [2.05, 4.69) is 31.2 Å². The quantitative estimate of drug-likeness (QED) is 0.678. The third kappa shape index (κ3) is 3.88. The first-order valence-electron chi connectivity index (χ1n) is 4.78. The Morgan fingerprint density at radius 3 is 2.77 bits per heavy atom. The molecule has 0 spiro atoms. The van der Waals surface area contributed by atoms with Crippen molar-refractivity contribution >= 4 is 5.71 Å². The highest BCUT2D eigenvalue weighted by atomic mass is 14.4. The topological polar surface area (TPSA) is 23.9 Å². The van der Waals surface area contributed by atoms with Crippen LogP contribution in [0.25, 0.3) is 0 Å². The van der Waals surface area contributed by atoms with E-state index in [1.807, 2.05) is 6.92 Å². The summed E-state index contributed by atoms with van der Waals surface area (Å²) in [5.74, 6) is 0. The summed E-state index contributed by atoms with van der Waals surface area (Å²) in [5, 5.41) is 7.30. The van der Waals surface area contributed by atoms with Crippen LogP contribution in [0.2, 0.25) is 0 Å². The molecule has 0 aliphatic carbocycles. The molecule has 0 aliphatic rings. The third-order valence-corrected chi connectivity index (χ3v) is 2.10. The van der Waals surface area contributed by atoms with Gasteiger partial charge in [0.2, 0.25) is 0 Å².